The molecule has 0 aliphatic carbocycles. The second kappa shape index (κ2) is 5.09. The highest BCUT2D eigenvalue weighted by atomic mass is 35.5. The monoisotopic (exact) mass is 254 g/mol. The van der Waals surface area contributed by atoms with Gasteiger partial charge >= 0.3 is 0 Å². The number of nitrogens with one attached hydrogen (secondary N) is 1. The number of nitrogens with zero attached hydrogens (tertiary/aromatic N) is 3. The third-order valence-corrected chi connectivity index (χ3v) is 2.38. The van der Waals surface area contributed by atoms with Crippen LogP contribution in [0.2, 0.25) is 10.0 Å². The number of halogens is 2. The van der Waals surface area contributed by atoms with Gasteiger partial charge in [-0.25, -0.2) is 15.0 Å². The van der Waals surface area contributed by atoms with Crippen LogP contribution in [0.4, 0.5) is 5.82 Å². The van der Waals surface area contributed by atoms with Crippen molar-refractivity contribution in [1.82, 2.24) is 15.0 Å². The van der Waals surface area contributed by atoms with Gasteiger partial charge in [0.15, 0.2) is 0 Å². The summed E-state index contributed by atoms with van der Waals surface area (Å²) in [4.78, 5) is 12.0. The lowest BCUT2D eigenvalue weighted by molar-refractivity contribution is 0.996. The SMILES string of the molecule is Clc1cnc(NCc2ccncn2)c(Cl)c1. The van der Waals surface area contributed by atoms with Crippen LogP contribution >= 0.6 is 23.2 Å². The highest BCUT2D eigenvalue weighted by molar-refractivity contribution is 6.35. The largest absolute Gasteiger partial charge is 0.363 e. The Balaban J connectivity index is 2.05. The molecule has 2 aromatic heterocycles. The molecule has 82 valence electrons. The Labute approximate surface area is 103 Å². The fourth-order valence-corrected chi connectivity index (χ4v) is 1.59. The Hall–Kier alpha value is -1.39. The van der Waals surface area contributed by atoms with Gasteiger partial charge in [0.05, 0.1) is 22.3 Å². The highest BCUT2D eigenvalue weighted by Gasteiger charge is 2.02. The van der Waals surface area contributed by atoms with Gasteiger partial charge < -0.3 is 5.32 Å². The molecule has 6 heteroatoms. The minimum Gasteiger partial charge on any atom is -0.363 e. The van der Waals surface area contributed by atoms with E-state index >= 15 is 0 Å². The molecule has 2 heterocycles. The molecule has 2 aromatic rings. The van der Waals surface area contributed by atoms with Crippen molar-refractivity contribution in [2.45, 2.75) is 6.54 Å². The van der Waals surface area contributed by atoms with Crippen molar-refractivity contribution in [2.75, 3.05) is 5.32 Å². The second-order valence-electron chi connectivity index (χ2n) is 3.04. The van der Waals surface area contributed by atoms with E-state index in [1.54, 1.807) is 12.3 Å². The average Bonchev–Trinajstić information content (AvgIpc) is 2.29. The predicted octanol–water partition coefficient (Wildman–Crippen LogP) is 2.79. The van der Waals surface area contributed by atoms with Gasteiger partial charge in [0.1, 0.15) is 12.1 Å². The maximum absolute atomic E-state index is 5.95. The summed E-state index contributed by atoms with van der Waals surface area (Å²) in [7, 11) is 0. The van der Waals surface area contributed by atoms with Crippen molar-refractivity contribution in [3.05, 3.63) is 46.6 Å². The molecule has 0 spiro atoms. The van der Waals surface area contributed by atoms with E-state index in [4.69, 9.17) is 23.2 Å². The summed E-state index contributed by atoms with van der Waals surface area (Å²) < 4.78 is 0. The minimum atomic E-state index is 0.488. The van der Waals surface area contributed by atoms with Crippen molar-refractivity contribution in [1.29, 1.82) is 0 Å². The van der Waals surface area contributed by atoms with Crippen molar-refractivity contribution >= 4 is 29.0 Å². The molecule has 0 aliphatic heterocycles. The van der Waals surface area contributed by atoms with E-state index in [9.17, 15) is 0 Å². The Bertz CT molecular complexity index is 476. The zero-order valence-corrected chi connectivity index (χ0v) is 9.70. The van der Waals surface area contributed by atoms with E-state index in [0.717, 1.165) is 5.69 Å². The summed E-state index contributed by atoms with van der Waals surface area (Å²) in [5, 5.41) is 4.06. The molecule has 0 bridgehead atoms. The van der Waals surface area contributed by atoms with Crippen LogP contribution < -0.4 is 5.32 Å². The first kappa shape index (κ1) is 11.1. The number of rotatable bonds is 3. The van der Waals surface area contributed by atoms with Gasteiger partial charge in [0.25, 0.3) is 0 Å². The molecule has 0 amide bonds. The van der Waals surface area contributed by atoms with E-state index in [-0.39, 0.29) is 0 Å². The zero-order chi connectivity index (χ0) is 11.4. The second-order valence-corrected chi connectivity index (χ2v) is 3.88. The van der Waals surface area contributed by atoms with Crippen LogP contribution in [0, 0.1) is 0 Å². The van der Waals surface area contributed by atoms with Crippen LogP contribution in [0.1, 0.15) is 5.69 Å². The van der Waals surface area contributed by atoms with Gasteiger partial charge in [-0.05, 0) is 12.1 Å². The molecule has 0 fully saturated rings. The van der Waals surface area contributed by atoms with Crippen LogP contribution in [0.5, 0.6) is 0 Å². The standard InChI is InChI=1S/C10H8Cl2N4/c11-7-3-9(12)10(14-4-7)15-5-8-1-2-13-6-16-8/h1-4,6H,5H2,(H,14,15). The molecule has 0 saturated carbocycles. The fraction of sp³-hybridized carbons (Fsp3) is 0.100. The summed E-state index contributed by atoms with van der Waals surface area (Å²) in [5.41, 5.74) is 0.864. The third kappa shape index (κ3) is 2.81. The van der Waals surface area contributed by atoms with Gasteiger partial charge in [-0.15, -0.1) is 0 Å². The molecule has 0 atom stereocenters. The molecule has 2 rings (SSSR count). The Morgan fingerprint density at radius 3 is 2.81 bits per heavy atom. The summed E-state index contributed by atoms with van der Waals surface area (Å²) in [6.07, 6.45) is 4.71. The quantitative estimate of drug-likeness (QED) is 0.916. The fourth-order valence-electron chi connectivity index (χ4n) is 1.14. The first-order valence-corrected chi connectivity index (χ1v) is 5.31. The molecule has 0 saturated heterocycles. The summed E-state index contributed by atoms with van der Waals surface area (Å²) in [6.45, 7) is 0.539. The van der Waals surface area contributed by atoms with E-state index in [1.807, 2.05) is 6.07 Å². The highest BCUT2D eigenvalue weighted by Crippen LogP contribution is 2.22. The van der Waals surface area contributed by atoms with E-state index in [2.05, 4.69) is 20.3 Å². The predicted molar refractivity (Wildman–Crippen MR) is 63.6 cm³/mol. The maximum Gasteiger partial charge on any atom is 0.145 e. The zero-order valence-electron chi connectivity index (χ0n) is 8.19. The molecule has 0 aliphatic rings. The molecule has 1 N–H and O–H groups in total. The van der Waals surface area contributed by atoms with Crippen LogP contribution in [0.15, 0.2) is 30.9 Å². The first-order chi connectivity index (χ1) is 7.75. The molecular formula is C10H8Cl2N4. The first-order valence-electron chi connectivity index (χ1n) is 4.55. The lowest BCUT2D eigenvalue weighted by Crippen LogP contribution is -2.03. The lowest BCUT2D eigenvalue weighted by Gasteiger charge is -2.06. The topological polar surface area (TPSA) is 50.7 Å². The van der Waals surface area contributed by atoms with Gasteiger partial charge in [-0.3, -0.25) is 0 Å². The van der Waals surface area contributed by atoms with Crippen molar-refractivity contribution in [3.63, 3.8) is 0 Å². The van der Waals surface area contributed by atoms with Crippen LogP contribution in [-0.4, -0.2) is 15.0 Å². The van der Waals surface area contributed by atoms with Crippen molar-refractivity contribution in [2.24, 2.45) is 0 Å². The van der Waals surface area contributed by atoms with Crippen LogP contribution in [0.25, 0.3) is 0 Å². The van der Waals surface area contributed by atoms with E-state index in [1.165, 1.54) is 12.5 Å². The van der Waals surface area contributed by atoms with Gasteiger partial charge in [0, 0.05) is 12.4 Å². The number of hydrogen-bond acceptors (Lipinski definition) is 4. The van der Waals surface area contributed by atoms with E-state index < -0.39 is 0 Å². The summed E-state index contributed by atoms with van der Waals surface area (Å²) >= 11 is 11.7. The smallest absolute Gasteiger partial charge is 0.145 e. The molecule has 4 nitrogen and oxygen atoms in total. The maximum atomic E-state index is 5.95. The van der Waals surface area contributed by atoms with Gasteiger partial charge in [0.2, 0.25) is 0 Å². The minimum absolute atomic E-state index is 0.488. The number of pyridine rings is 1. The number of hydrogen-bond donors (Lipinski definition) is 1. The average molecular weight is 255 g/mol. The molecule has 16 heavy (non-hydrogen) atoms. The van der Waals surface area contributed by atoms with Crippen LogP contribution in [-0.2, 0) is 6.54 Å². The number of anilines is 1. The molecule has 0 unspecified atom stereocenters. The number of aromatic nitrogens is 3. The normalized spacial score (nSPS) is 10.1. The Kier molecular flexibility index (Phi) is 3.54. The van der Waals surface area contributed by atoms with Crippen LogP contribution in [0.3, 0.4) is 0 Å². The summed E-state index contributed by atoms with van der Waals surface area (Å²) in [6, 6.07) is 3.45. The van der Waals surface area contributed by atoms with Gasteiger partial charge in [-0.2, -0.15) is 0 Å². The van der Waals surface area contributed by atoms with E-state index in [0.29, 0.717) is 22.4 Å². The lowest BCUT2D eigenvalue weighted by atomic mass is 10.4. The molecule has 0 radical (unpaired) electrons. The van der Waals surface area contributed by atoms with Crippen molar-refractivity contribution < 1.29 is 0 Å². The third-order valence-electron chi connectivity index (χ3n) is 1.89. The van der Waals surface area contributed by atoms with Crippen molar-refractivity contribution in [3.8, 4) is 0 Å². The molecule has 0 aromatic carbocycles. The van der Waals surface area contributed by atoms with Gasteiger partial charge in [-0.1, -0.05) is 23.2 Å². The summed E-state index contributed by atoms with van der Waals surface area (Å²) in [5.74, 6) is 0.588. The molecular weight excluding hydrogens is 247 g/mol. The Morgan fingerprint density at radius 1 is 1.25 bits per heavy atom. The Morgan fingerprint density at radius 2 is 2.12 bits per heavy atom.